The van der Waals surface area contributed by atoms with E-state index in [9.17, 15) is 4.39 Å². The van der Waals surface area contributed by atoms with Crippen molar-refractivity contribution in [2.24, 2.45) is 0 Å². The van der Waals surface area contributed by atoms with Gasteiger partial charge in [0.2, 0.25) is 0 Å². The van der Waals surface area contributed by atoms with E-state index in [0.29, 0.717) is 43.9 Å². The van der Waals surface area contributed by atoms with E-state index in [0.717, 1.165) is 65.9 Å². The molecule has 0 radical (unpaired) electrons. The molecular formula is C32H38FN3O4. The van der Waals surface area contributed by atoms with Gasteiger partial charge in [0.25, 0.3) is 6.01 Å². The van der Waals surface area contributed by atoms with Crippen LogP contribution in [0.4, 0.5) is 10.4 Å². The minimum atomic E-state index is -0.281. The van der Waals surface area contributed by atoms with E-state index in [1.807, 2.05) is 32.0 Å². The Hall–Kier alpha value is -3.78. The molecule has 0 atom stereocenters. The van der Waals surface area contributed by atoms with Gasteiger partial charge < -0.3 is 28.8 Å². The quantitative estimate of drug-likeness (QED) is 0.205. The van der Waals surface area contributed by atoms with Crippen LogP contribution in [0.3, 0.4) is 0 Å². The van der Waals surface area contributed by atoms with Gasteiger partial charge in [-0.05, 0) is 93.7 Å². The number of nitrogens with one attached hydrogen (secondary N) is 1. The van der Waals surface area contributed by atoms with Crippen molar-refractivity contribution in [1.29, 1.82) is 0 Å². The van der Waals surface area contributed by atoms with Gasteiger partial charge in [0, 0.05) is 18.7 Å². The number of ether oxygens (including phenoxy) is 3. The summed E-state index contributed by atoms with van der Waals surface area (Å²) in [5, 5.41) is 3.46. The second-order valence-electron chi connectivity index (χ2n) is 9.92. The average Bonchev–Trinajstić information content (AvgIpc) is 3.39. The minimum absolute atomic E-state index is 0.257. The van der Waals surface area contributed by atoms with E-state index in [4.69, 9.17) is 23.6 Å². The number of oxazole rings is 1. The van der Waals surface area contributed by atoms with Crippen molar-refractivity contribution in [3.8, 4) is 28.4 Å². The molecule has 8 heteroatoms. The van der Waals surface area contributed by atoms with Crippen molar-refractivity contribution in [3.05, 3.63) is 66.0 Å². The predicted octanol–water partition coefficient (Wildman–Crippen LogP) is 6.98. The van der Waals surface area contributed by atoms with Crippen LogP contribution in [-0.2, 0) is 6.54 Å². The summed E-state index contributed by atoms with van der Waals surface area (Å²) in [5.41, 5.74) is 4.19. The fraction of sp³-hybridized carbons (Fsp3) is 0.406. The third kappa shape index (κ3) is 6.33. The van der Waals surface area contributed by atoms with Gasteiger partial charge in [-0.3, -0.25) is 0 Å². The van der Waals surface area contributed by atoms with Gasteiger partial charge in [0.15, 0.2) is 5.58 Å². The van der Waals surface area contributed by atoms with Crippen LogP contribution < -0.4 is 24.4 Å². The summed E-state index contributed by atoms with van der Waals surface area (Å²) in [6.45, 7) is 10.1. The predicted molar refractivity (Wildman–Crippen MR) is 156 cm³/mol. The maximum Gasteiger partial charge on any atom is 0.298 e. The molecular weight excluding hydrogens is 509 g/mol. The largest absolute Gasteiger partial charge is 0.494 e. The number of hydrogen-bond donors (Lipinski definition) is 1. The van der Waals surface area contributed by atoms with Crippen LogP contribution in [0.25, 0.3) is 22.2 Å². The Bertz CT molecular complexity index is 1370. The van der Waals surface area contributed by atoms with Crippen molar-refractivity contribution in [3.63, 3.8) is 0 Å². The molecule has 1 aliphatic heterocycles. The third-order valence-corrected chi connectivity index (χ3v) is 7.03. The maximum absolute atomic E-state index is 13.7. The first-order valence-electron chi connectivity index (χ1n) is 14.3. The lowest BCUT2D eigenvalue weighted by atomic mass is 9.99. The number of hydrogen-bond acceptors (Lipinski definition) is 7. The van der Waals surface area contributed by atoms with E-state index in [2.05, 4.69) is 29.3 Å². The number of rotatable bonds is 12. The molecule has 0 unspecified atom stereocenters. The highest BCUT2D eigenvalue weighted by molar-refractivity contribution is 5.78. The zero-order valence-corrected chi connectivity index (χ0v) is 23.5. The molecule has 5 rings (SSSR count). The van der Waals surface area contributed by atoms with Crippen molar-refractivity contribution in [2.75, 3.05) is 37.8 Å². The molecule has 1 N–H and O–H groups in total. The molecule has 0 bridgehead atoms. The number of halogens is 1. The molecule has 0 aliphatic carbocycles. The lowest BCUT2D eigenvalue weighted by molar-refractivity contribution is 0.318. The van der Waals surface area contributed by atoms with Gasteiger partial charge in [0.05, 0.1) is 25.4 Å². The number of anilines is 1. The first-order valence-corrected chi connectivity index (χ1v) is 14.3. The average molecular weight is 548 g/mol. The molecule has 4 aromatic rings. The van der Waals surface area contributed by atoms with E-state index in [1.165, 1.54) is 12.1 Å². The number of fused-ring (bicyclic) bond motifs is 1. The van der Waals surface area contributed by atoms with Crippen LogP contribution in [-0.4, -0.2) is 43.9 Å². The number of nitrogens with zero attached hydrogens (tertiary/aromatic N) is 2. The van der Waals surface area contributed by atoms with Crippen molar-refractivity contribution in [2.45, 2.75) is 52.6 Å². The van der Waals surface area contributed by atoms with Gasteiger partial charge in [-0.25, -0.2) is 4.39 Å². The zero-order valence-electron chi connectivity index (χ0n) is 23.5. The second-order valence-corrected chi connectivity index (χ2v) is 9.92. The standard InChI is InChI=1S/C32H38FN3O4/c1-4-17-39-26-11-12-28-27(20-26)35-32(40-28)36(25-13-15-34-16-14-25)21-22-18-29(37-5-2)31(30(19-22)38-6-3)23-7-9-24(33)10-8-23/h7-12,18-20,25,34H,4-6,13-17,21H2,1-3H3. The monoisotopic (exact) mass is 547 g/mol. The lowest BCUT2D eigenvalue weighted by Crippen LogP contribution is -2.43. The topological polar surface area (TPSA) is 69.0 Å². The molecule has 0 saturated carbocycles. The van der Waals surface area contributed by atoms with Gasteiger partial charge >= 0.3 is 0 Å². The Balaban J connectivity index is 1.54. The van der Waals surface area contributed by atoms with Crippen molar-refractivity contribution >= 4 is 17.1 Å². The van der Waals surface area contributed by atoms with Crippen LogP contribution in [0, 0.1) is 5.82 Å². The molecule has 1 aromatic heterocycles. The van der Waals surface area contributed by atoms with E-state index in [-0.39, 0.29) is 11.9 Å². The Morgan fingerprint density at radius 2 is 1.62 bits per heavy atom. The highest BCUT2D eigenvalue weighted by atomic mass is 19.1. The zero-order chi connectivity index (χ0) is 27.9. The Labute approximate surface area is 235 Å². The highest BCUT2D eigenvalue weighted by Gasteiger charge is 2.27. The van der Waals surface area contributed by atoms with Gasteiger partial charge in [-0.1, -0.05) is 19.1 Å². The molecule has 1 fully saturated rings. The van der Waals surface area contributed by atoms with Crippen LogP contribution >= 0.6 is 0 Å². The van der Waals surface area contributed by atoms with Gasteiger partial charge in [-0.2, -0.15) is 4.98 Å². The fourth-order valence-electron chi connectivity index (χ4n) is 5.17. The van der Waals surface area contributed by atoms with Crippen LogP contribution in [0.15, 0.2) is 59.0 Å². The first-order chi connectivity index (χ1) is 19.6. The summed E-state index contributed by atoms with van der Waals surface area (Å²) in [7, 11) is 0. The minimum Gasteiger partial charge on any atom is -0.494 e. The molecule has 2 heterocycles. The summed E-state index contributed by atoms with van der Waals surface area (Å²) in [6.07, 6.45) is 2.90. The van der Waals surface area contributed by atoms with Crippen molar-refractivity contribution in [1.82, 2.24) is 10.3 Å². The summed E-state index contributed by atoms with van der Waals surface area (Å²) in [5.74, 6) is 1.92. The summed E-state index contributed by atoms with van der Waals surface area (Å²) < 4.78 is 38.1. The smallest absolute Gasteiger partial charge is 0.298 e. The maximum atomic E-state index is 13.7. The fourth-order valence-corrected chi connectivity index (χ4v) is 5.17. The Morgan fingerprint density at radius 1 is 0.925 bits per heavy atom. The van der Waals surface area contributed by atoms with E-state index >= 15 is 0 Å². The summed E-state index contributed by atoms with van der Waals surface area (Å²) >= 11 is 0. The normalized spacial score (nSPS) is 13.9. The van der Waals surface area contributed by atoms with Crippen LogP contribution in [0.1, 0.15) is 45.6 Å². The Kier molecular flexibility index (Phi) is 9.06. The first kappa shape index (κ1) is 27.8. The molecule has 40 heavy (non-hydrogen) atoms. The van der Waals surface area contributed by atoms with Crippen molar-refractivity contribution < 1.29 is 23.0 Å². The molecule has 7 nitrogen and oxygen atoms in total. The SMILES string of the molecule is CCCOc1ccc2oc(N(Cc3cc(OCC)c(-c4ccc(F)cc4)c(OCC)c3)C3CCNCC3)nc2c1. The number of benzene rings is 3. The summed E-state index contributed by atoms with van der Waals surface area (Å²) in [6, 6.07) is 17.2. The summed E-state index contributed by atoms with van der Waals surface area (Å²) in [4.78, 5) is 7.16. The molecule has 0 amide bonds. The van der Waals surface area contributed by atoms with Crippen LogP contribution in [0.2, 0.25) is 0 Å². The number of piperidine rings is 1. The molecule has 3 aromatic carbocycles. The van der Waals surface area contributed by atoms with Crippen LogP contribution in [0.5, 0.6) is 17.2 Å². The molecule has 1 aliphatic rings. The molecule has 0 spiro atoms. The van der Waals surface area contributed by atoms with Gasteiger partial charge in [-0.15, -0.1) is 0 Å². The highest BCUT2D eigenvalue weighted by Crippen LogP contribution is 2.41. The number of aromatic nitrogens is 1. The lowest BCUT2D eigenvalue weighted by Gasteiger charge is -2.34. The van der Waals surface area contributed by atoms with E-state index < -0.39 is 0 Å². The molecule has 1 saturated heterocycles. The second kappa shape index (κ2) is 13.0. The Morgan fingerprint density at radius 3 is 2.27 bits per heavy atom. The third-order valence-electron chi connectivity index (χ3n) is 7.03. The molecule has 212 valence electrons. The van der Waals surface area contributed by atoms with E-state index in [1.54, 1.807) is 12.1 Å². The van der Waals surface area contributed by atoms with Gasteiger partial charge in [0.1, 0.15) is 28.6 Å².